The number of sulfonamides is 1. The van der Waals surface area contributed by atoms with Gasteiger partial charge in [-0.05, 0) is 55.2 Å². The molecule has 0 amide bonds. The van der Waals surface area contributed by atoms with Crippen LogP contribution in [0.2, 0.25) is 0 Å². The monoisotopic (exact) mass is 404 g/mol. The fourth-order valence-electron chi connectivity index (χ4n) is 2.56. The first-order valence-corrected chi connectivity index (χ1v) is 10.8. The molecule has 0 atom stereocenters. The van der Waals surface area contributed by atoms with E-state index in [0.717, 1.165) is 24.0 Å². The number of rotatable bonds is 8. The van der Waals surface area contributed by atoms with E-state index in [4.69, 9.17) is 0 Å². The van der Waals surface area contributed by atoms with Crippen LogP contribution in [-0.4, -0.2) is 27.0 Å². The van der Waals surface area contributed by atoms with E-state index in [9.17, 15) is 12.8 Å². The highest BCUT2D eigenvalue weighted by Crippen LogP contribution is 2.22. The Hall–Kier alpha value is -2.45. The van der Waals surface area contributed by atoms with Crippen LogP contribution in [0.1, 0.15) is 30.9 Å². The van der Waals surface area contributed by atoms with Gasteiger partial charge in [0.15, 0.2) is 5.96 Å². The van der Waals surface area contributed by atoms with Crippen LogP contribution in [0.15, 0.2) is 58.4 Å². The third-order valence-electron chi connectivity index (χ3n) is 4.27. The molecule has 8 heteroatoms. The van der Waals surface area contributed by atoms with Crippen molar-refractivity contribution in [2.24, 2.45) is 4.99 Å². The van der Waals surface area contributed by atoms with E-state index in [2.05, 4.69) is 20.3 Å². The molecule has 0 aromatic heterocycles. The van der Waals surface area contributed by atoms with Crippen molar-refractivity contribution in [3.63, 3.8) is 0 Å². The van der Waals surface area contributed by atoms with Crippen molar-refractivity contribution >= 4 is 16.0 Å². The average molecular weight is 405 g/mol. The molecule has 0 unspecified atom stereocenters. The summed E-state index contributed by atoms with van der Waals surface area (Å²) in [6.07, 6.45) is 1.81. The Morgan fingerprint density at radius 3 is 2.29 bits per heavy atom. The van der Waals surface area contributed by atoms with Crippen molar-refractivity contribution in [3.05, 3.63) is 65.5 Å². The molecule has 1 fully saturated rings. The maximum Gasteiger partial charge on any atom is 0.240 e. The molecule has 0 spiro atoms. The van der Waals surface area contributed by atoms with Crippen LogP contribution in [0.4, 0.5) is 4.39 Å². The van der Waals surface area contributed by atoms with Gasteiger partial charge < -0.3 is 10.6 Å². The number of aliphatic imine (C=N–C) groups is 1. The highest BCUT2D eigenvalue weighted by molar-refractivity contribution is 7.89. The second-order valence-electron chi connectivity index (χ2n) is 6.71. The van der Waals surface area contributed by atoms with Gasteiger partial charge in [-0.15, -0.1) is 0 Å². The van der Waals surface area contributed by atoms with Gasteiger partial charge in [0, 0.05) is 19.1 Å². The third-order valence-corrected chi connectivity index (χ3v) is 5.81. The van der Waals surface area contributed by atoms with Crippen molar-refractivity contribution in [1.82, 2.24) is 15.4 Å². The minimum absolute atomic E-state index is 0.0872. The van der Waals surface area contributed by atoms with Crippen molar-refractivity contribution in [2.75, 3.05) is 6.54 Å². The number of halogens is 1. The molecule has 0 aliphatic heterocycles. The van der Waals surface area contributed by atoms with Gasteiger partial charge in [-0.25, -0.2) is 22.5 Å². The summed E-state index contributed by atoms with van der Waals surface area (Å²) in [6, 6.07) is 13.1. The SMILES string of the molecule is CCNC(=NCc1ccc(S(=O)(=O)NC2CC2)cc1)NCc1ccc(F)cc1. The summed E-state index contributed by atoms with van der Waals surface area (Å²) in [4.78, 5) is 4.79. The van der Waals surface area contributed by atoms with Crippen LogP contribution >= 0.6 is 0 Å². The molecule has 150 valence electrons. The Morgan fingerprint density at radius 2 is 1.68 bits per heavy atom. The van der Waals surface area contributed by atoms with Crippen molar-refractivity contribution < 1.29 is 12.8 Å². The second-order valence-corrected chi connectivity index (χ2v) is 8.43. The lowest BCUT2D eigenvalue weighted by Gasteiger charge is -2.11. The Labute approximate surface area is 165 Å². The predicted molar refractivity (Wildman–Crippen MR) is 108 cm³/mol. The molecule has 6 nitrogen and oxygen atoms in total. The molecule has 1 aliphatic rings. The number of nitrogens with zero attached hydrogens (tertiary/aromatic N) is 1. The molecule has 28 heavy (non-hydrogen) atoms. The number of nitrogens with one attached hydrogen (secondary N) is 3. The zero-order valence-electron chi connectivity index (χ0n) is 15.8. The van der Waals surface area contributed by atoms with Crippen molar-refractivity contribution in [2.45, 2.75) is 43.8 Å². The van der Waals surface area contributed by atoms with Gasteiger partial charge in [-0.3, -0.25) is 0 Å². The van der Waals surface area contributed by atoms with Crippen LogP contribution < -0.4 is 15.4 Å². The first-order chi connectivity index (χ1) is 13.5. The lowest BCUT2D eigenvalue weighted by molar-refractivity contribution is 0.581. The van der Waals surface area contributed by atoms with Crippen LogP contribution in [0.3, 0.4) is 0 Å². The molecule has 1 aliphatic carbocycles. The van der Waals surface area contributed by atoms with Crippen LogP contribution in [-0.2, 0) is 23.1 Å². The van der Waals surface area contributed by atoms with Crippen LogP contribution in [0, 0.1) is 5.82 Å². The van der Waals surface area contributed by atoms with E-state index in [1.165, 1.54) is 12.1 Å². The maximum atomic E-state index is 13.0. The van der Waals surface area contributed by atoms with Gasteiger partial charge in [0.25, 0.3) is 0 Å². The highest BCUT2D eigenvalue weighted by atomic mass is 32.2. The van der Waals surface area contributed by atoms with Gasteiger partial charge >= 0.3 is 0 Å². The Morgan fingerprint density at radius 1 is 1.04 bits per heavy atom. The number of benzene rings is 2. The lowest BCUT2D eigenvalue weighted by Crippen LogP contribution is -2.36. The quantitative estimate of drug-likeness (QED) is 0.466. The minimum Gasteiger partial charge on any atom is -0.357 e. The molecular weight excluding hydrogens is 379 g/mol. The van der Waals surface area contributed by atoms with E-state index in [0.29, 0.717) is 25.6 Å². The zero-order chi connectivity index (χ0) is 20.0. The van der Waals surface area contributed by atoms with Gasteiger partial charge in [0.05, 0.1) is 11.4 Å². The van der Waals surface area contributed by atoms with E-state index < -0.39 is 10.0 Å². The number of hydrogen-bond acceptors (Lipinski definition) is 3. The zero-order valence-corrected chi connectivity index (χ0v) is 16.6. The largest absolute Gasteiger partial charge is 0.357 e. The third kappa shape index (κ3) is 6.03. The van der Waals surface area contributed by atoms with E-state index in [-0.39, 0.29) is 16.8 Å². The second kappa shape index (κ2) is 9.16. The summed E-state index contributed by atoms with van der Waals surface area (Å²) in [5, 5.41) is 6.36. The normalized spacial score (nSPS) is 14.7. The number of guanidine groups is 1. The van der Waals surface area contributed by atoms with Gasteiger partial charge in [0.2, 0.25) is 10.0 Å². The summed E-state index contributed by atoms with van der Waals surface area (Å²) in [5.41, 5.74) is 1.86. The first kappa shape index (κ1) is 20.3. The number of hydrogen-bond donors (Lipinski definition) is 3. The summed E-state index contributed by atoms with van der Waals surface area (Å²) >= 11 is 0. The summed E-state index contributed by atoms with van der Waals surface area (Å²) in [5.74, 6) is 0.376. The topological polar surface area (TPSA) is 82.6 Å². The molecule has 0 heterocycles. The standard InChI is InChI=1S/C20H25FN4O2S/c1-2-22-20(23-13-15-3-7-17(21)8-4-15)24-14-16-5-11-19(12-6-16)28(26,27)25-18-9-10-18/h3-8,11-12,18,25H,2,9-10,13-14H2,1H3,(H2,22,23,24). The molecular formula is C20H25FN4O2S. The molecule has 1 saturated carbocycles. The Kier molecular flexibility index (Phi) is 6.64. The van der Waals surface area contributed by atoms with Crippen molar-refractivity contribution in [1.29, 1.82) is 0 Å². The summed E-state index contributed by atoms with van der Waals surface area (Å²) < 4.78 is 40.1. The fourth-order valence-corrected chi connectivity index (χ4v) is 3.87. The maximum absolute atomic E-state index is 13.0. The van der Waals surface area contributed by atoms with E-state index in [1.54, 1.807) is 36.4 Å². The molecule has 2 aromatic carbocycles. The molecule has 0 saturated heterocycles. The summed E-state index contributed by atoms with van der Waals surface area (Å²) in [6.45, 7) is 3.62. The average Bonchev–Trinajstić information content (AvgIpc) is 3.49. The fraction of sp³-hybridized carbons (Fsp3) is 0.350. The molecule has 3 N–H and O–H groups in total. The highest BCUT2D eigenvalue weighted by Gasteiger charge is 2.27. The van der Waals surface area contributed by atoms with E-state index in [1.807, 2.05) is 6.92 Å². The van der Waals surface area contributed by atoms with Crippen LogP contribution in [0.25, 0.3) is 0 Å². The minimum atomic E-state index is -3.43. The van der Waals surface area contributed by atoms with Gasteiger partial charge in [-0.2, -0.15) is 0 Å². The lowest BCUT2D eigenvalue weighted by atomic mass is 10.2. The molecule has 3 rings (SSSR count). The van der Waals surface area contributed by atoms with Crippen LogP contribution in [0.5, 0.6) is 0 Å². The smallest absolute Gasteiger partial charge is 0.240 e. The van der Waals surface area contributed by atoms with Gasteiger partial charge in [0.1, 0.15) is 5.82 Å². The van der Waals surface area contributed by atoms with Crippen molar-refractivity contribution in [3.8, 4) is 0 Å². The molecule has 0 radical (unpaired) electrons. The van der Waals surface area contributed by atoms with Gasteiger partial charge in [-0.1, -0.05) is 24.3 Å². The molecule has 0 bridgehead atoms. The summed E-state index contributed by atoms with van der Waals surface area (Å²) in [7, 11) is -3.43. The Balaban J connectivity index is 1.59. The predicted octanol–water partition coefficient (Wildman–Crippen LogP) is 2.52. The van der Waals surface area contributed by atoms with E-state index >= 15 is 0 Å². The first-order valence-electron chi connectivity index (χ1n) is 9.34. The Bertz CT molecular complexity index is 908. The molecule has 2 aromatic rings.